The third-order valence-corrected chi connectivity index (χ3v) is 1.90. The predicted octanol–water partition coefficient (Wildman–Crippen LogP) is 2.72. The van der Waals surface area contributed by atoms with Gasteiger partial charge in [-0.15, -0.1) is 0 Å². The van der Waals surface area contributed by atoms with Gasteiger partial charge in [0.25, 0.3) is 0 Å². The van der Waals surface area contributed by atoms with E-state index in [0.29, 0.717) is 3.42 Å². The van der Waals surface area contributed by atoms with Crippen LogP contribution >= 0.6 is 22.6 Å². The van der Waals surface area contributed by atoms with E-state index >= 15 is 0 Å². The second-order valence-electron chi connectivity index (χ2n) is 4.21. The molecule has 0 radical (unpaired) electrons. The van der Waals surface area contributed by atoms with Crippen LogP contribution in [0.5, 0.6) is 0 Å². The Balaban J connectivity index is 3.56. The molecule has 2 N–H and O–H groups in total. The molecule has 0 fully saturated rings. The quantitative estimate of drug-likeness (QED) is 0.609. The van der Waals surface area contributed by atoms with Crippen LogP contribution in [0.2, 0.25) is 0 Å². The van der Waals surface area contributed by atoms with Crippen LogP contribution in [-0.2, 0) is 0 Å². The van der Waals surface area contributed by atoms with Crippen molar-refractivity contribution in [2.75, 3.05) is 0 Å². The molecule has 0 atom stereocenters. The van der Waals surface area contributed by atoms with Crippen molar-refractivity contribution in [1.82, 2.24) is 0 Å². The lowest BCUT2D eigenvalue weighted by Crippen LogP contribution is -2.33. The average Bonchev–Trinajstić information content (AvgIpc) is 1.57. The standard InChI is InChI=1S/C8H18IN/c1-7(2,9)5-6-8(3,4)10/h5-6,10H2,1-4H3. The average molecular weight is 255 g/mol. The second-order valence-corrected chi connectivity index (χ2v) is 7.13. The van der Waals surface area contributed by atoms with E-state index in [1.807, 2.05) is 0 Å². The summed E-state index contributed by atoms with van der Waals surface area (Å²) in [5, 5.41) is 0. The van der Waals surface area contributed by atoms with Crippen molar-refractivity contribution in [3.05, 3.63) is 0 Å². The Hall–Kier alpha value is 0.690. The fourth-order valence-electron chi connectivity index (χ4n) is 0.619. The van der Waals surface area contributed by atoms with Gasteiger partial charge in [0, 0.05) is 8.96 Å². The highest BCUT2D eigenvalue weighted by Crippen LogP contribution is 2.25. The molecule has 2 heteroatoms. The summed E-state index contributed by atoms with van der Waals surface area (Å²) in [5.74, 6) is 0. The van der Waals surface area contributed by atoms with Crippen LogP contribution in [0.1, 0.15) is 40.5 Å². The highest BCUT2D eigenvalue weighted by Gasteiger charge is 2.17. The van der Waals surface area contributed by atoms with Crippen LogP contribution < -0.4 is 5.73 Å². The largest absolute Gasteiger partial charge is 0.326 e. The lowest BCUT2D eigenvalue weighted by Gasteiger charge is -2.23. The minimum absolute atomic E-state index is 0.00242. The molecule has 0 aliphatic heterocycles. The minimum atomic E-state index is 0.00242. The van der Waals surface area contributed by atoms with Gasteiger partial charge < -0.3 is 5.73 Å². The SMILES string of the molecule is CC(C)(N)CCC(C)(C)I. The zero-order valence-corrected chi connectivity index (χ0v) is 9.53. The molecule has 0 aliphatic carbocycles. The fraction of sp³-hybridized carbons (Fsp3) is 1.00. The van der Waals surface area contributed by atoms with E-state index in [-0.39, 0.29) is 5.54 Å². The Morgan fingerprint density at radius 1 is 1.10 bits per heavy atom. The monoisotopic (exact) mass is 255 g/mol. The first-order valence-electron chi connectivity index (χ1n) is 3.68. The van der Waals surface area contributed by atoms with Crippen molar-refractivity contribution in [3.63, 3.8) is 0 Å². The number of hydrogen-bond acceptors (Lipinski definition) is 1. The number of halogens is 1. The van der Waals surface area contributed by atoms with E-state index in [2.05, 4.69) is 50.3 Å². The predicted molar refractivity (Wildman–Crippen MR) is 55.6 cm³/mol. The van der Waals surface area contributed by atoms with Crippen LogP contribution in [0.25, 0.3) is 0 Å². The molecule has 0 saturated heterocycles. The smallest absolute Gasteiger partial charge is 0.0166 e. The molecule has 0 aromatic rings. The van der Waals surface area contributed by atoms with E-state index in [0.717, 1.165) is 6.42 Å². The summed E-state index contributed by atoms with van der Waals surface area (Å²) >= 11 is 2.46. The summed E-state index contributed by atoms with van der Waals surface area (Å²) in [6, 6.07) is 0. The summed E-state index contributed by atoms with van der Waals surface area (Å²) in [4.78, 5) is 0. The van der Waals surface area contributed by atoms with Gasteiger partial charge in [-0.2, -0.15) is 0 Å². The van der Waals surface area contributed by atoms with Crippen molar-refractivity contribution < 1.29 is 0 Å². The molecule has 0 aromatic heterocycles. The Morgan fingerprint density at radius 2 is 1.50 bits per heavy atom. The third-order valence-electron chi connectivity index (χ3n) is 1.36. The van der Waals surface area contributed by atoms with Crippen molar-refractivity contribution in [2.24, 2.45) is 5.73 Å². The summed E-state index contributed by atoms with van der Waals surface area (Å²) in [6.45, 7) is 8.63. The maximum Gasteiger partial charge on any atom is 0.0166 e. The fourth-order valence-corrected chi connectivity index (χ4v) is 0.889. The van der Waals surface area contributed by atoms with Crippen molar-refractivity contribution >= 4 is 22.6 Å². The lowest BCUT2D eigenvalue weighted by atomic mass is 9.95. The van der Waals surface area contributed by atoms with Crippen LogP contribution in [-0.4, -0.2) is 8.96 Å². The molecule has 1 nitrogen and oxygen atoms in total. The summed E-state index contributed by atoms with van der Waals surface area (Å²) in [7, 11) is 0. The molecule has 0 saturated carbocycles. The Kier molecular flexibility index (Phi) is 3.62. The first-order chi connectivity index (χ1) is 4.21. The summed E-state index contributed by atoms with van der Waals surface area (Å²) in [5.41, 5.74) is 5.84. The topological polar surface area (TPSA) is 26.0 Å². The zero-order valence-electron chi connectivity index (χ0n) is 7.37. The lowest BCUT2D eigenvalue weighted by molar-refractivity contribution is 0.437. The summed E-state index contributed by atoms with van der Waals surface area (Å²) in [6.07, 6.45) is 2.29. The van der Waals surface area contributed by atoms with E-state index < -0.39 is 0 Å². The minimum Gasteiger partial charge on any atom is -0.326 e. The number of nitrogens with two attached hydrogens (primary N) is 1. The van der Waals surface area contributed by atoms with Gasteiger partial charge in [-0.3, -0.25) is 0 Å². The van der Waals surface area contributed by atoms with E-state index in [4.69, 9.17) is 5.73 Å². The van der Waals surface area contributed by atoms with Crippen LogP contribution in [0.4, 0.5) is 0 Å². The van der Waals surface area contributed by atoms with Gasteiger partial charge in [-0.25, -0.2) is 0 Å². The molecule has 0 unspecified atom stereocenters. The van der Waals surface area contributed by atoms with Crippen LogP contribution in [0.15, 0.2) is 0 Å². The summed E-state index contributed by atoms with van der Waals surface area (Å²) < 4.78 is 0.397. The van der Waals surface area contributed by atoms with Crippen LogP contribution in [0.3, 0.4) is 0 Å². The van der Waals surface area contributed by atoms with E-state index in [1.54, 1.807) is 0 Å². The zero-order chi connectivity index (χ0) is 8.41. The number of rotatable bonds is 3. The highest BCUT2D eigenvalue weighted by molar-refractivity contribution is 14.1. The molecule has 62 valence electrons. The van der Waals surface area contributed by atoms with Gasteiger partial charge in [0.15, 0.2) is 0 Å². The number of hydrogen-bond donors (Lipinski definition) is 1. The van der Waals surface area contributed by atoms with Gasteiger partial charge in [0.2, 0.25) is 0 Å². The second kappa shape index (κ2) is 3.39. The molecule has 0 rings (SSSR count). The number of alkyl halides is 1. The molecular formula is C8H18IN. The van der Waals surface area contributed by atoms with Gasteiger partial charge >= 0.3 is 0 Å². The van der Waals surface area contributed by atoms with Gasteiger partial charge in [-0.1, -0.05) is 36.4 Å². The van der Waals surface area contributed by atoms with Gasteiger partial charge in [0.1, 0.15) is 0 Å². The van der Waals surface area contributed by atoms with Crippen molar-refractivity contribution in [3.8, 4) is 0 Å². The molecule has 0 bridgehead atoms. The first kappa shape index (κ1) is 10.7. The van der Waals surface area contributed by atoms with E-state index in [1.165, 1.54) is 6.42 Å². The van der Waals surface area contributed by atoms with Crippen molar-refractivity contribution in [2.45, 2.75) is 49.5 Å². The van der Waals surface area contributed by atoms with Gasteiger partial charge in [0.05, 0.1) is 0 Å². The maximum atomic E-state index is 5.84. The molecule has 0 spiro atoms. The molecule has 10 heavy (non-hydrogen) atoms. The van der Waals surface area contributed by atoms with Gasteiger partial charge in [-0.05, 0) is 26.7 Å². The molecule has 0 heterocycles. The maximum absolute atomic E-state index is 5.84. The molecule has 0 amide bonds. The van der Waals surface area contributed by atoms with E-state index in [9.17, 15) is 0 Å². The Bertz CT molecular complexity index is 82.8. The molecule has 0 aromatic carbocycles. The highest BCUT2D eigenvalue weighted by atomic mass is 127. The normalized spacial score (nSPS) is 13.8. The first-order valence-corrected chi connectivity index (χ1v) is 4.76. The Labute approximate surface area is 77.9 Å². The van der Waals surface area contributed by atoms with Crippen LogP contribution in [0, 0.1) is 0 Å². The molecular weight excluding hydrogens is 237 g/mol. The Morgan fingerprint density at radius 3 is 1.60 bits per heavy atom. The van der Waals surface area contributed by atoms with Crippen molar-refractivity contribution in [1.29, 1.82) is 0 Å². The molecule has 0 aliphatic rings. The third kappa shape index (κ3) is 8.69.